The highest BCUT2D eigenvalue weighted by Crippen LogP contribution is 2.20. The zero-order chi connectivity index (χ0) is 11.4. The van der Waals surface area contributed by atoms with Crippen molar-refractivity contribution in [3.05, 3.63) is 36.4 Å². The average molecular weight is 205 g/mol. The highest BCUT2D eigenvalue weighted by Gasteiger charge is 2.05. The molecule has 0 fully saturated rings. The minimum absolute atomic E-state index is 0.117. The summed E-state index contributed by atoms with van der Waals surface area (Å²) in [6.45, 7) is 5.61. The van der Waals surface area contributed by atoms with Crippen LogP contribution >= 0.6 is 0 Å². The molecule has 1 amide bonds. The molecule has 1 aromatic carbocycles. The van der Waals surface area contributed by atoms with E-state index in [0.29, 0.717) is 11.3 Å². The van der Waals surface area contributed by atoms with Gasteiger partial charge in [-0.2, -0.15) is 0 Å². The fourth-order valence-electron chi connectivity index (χ4n) is 1.15. The van der Waals surface area contributed by atoms with E-state index in [1.807, 2.05) is 6.92 Å². The van der Waals surface area contributed by atoms with Crippen molar-refractivity contribution >= 4 is 17.3 Å². The van der Waals surface area contributed by atoms with Crippen molar-refractivity contribution in [3.63, 3.8) is 0 Å². The van der Waals surface area contributed by atoms with Gasteiger partial charge in [-0.1, -0.05) is 6.08 Å². The van der Waals surface area contributed by atoms with E-state index in [1.54, 1.807) is 24.3 Å². The maximum Gasteiger partial charge on any atom is 0.248 e. The van der Waals surface area contributed by atoms with Gasteiger partial charge in [0.15, 0.2) is 0 Å². The normalized spacial score (nSPS) is 11.8. The topological polar surface area (TPSA) is 81.1 Å². The highest BCUT2D eigenvalue weighted by molar-refractivity contribution is 5.94. The summed E-state index contributed by atoms with van der Waals surface area (Å²) >= 11 is 0. The lowest BCUT2D eigenvalue weighted by Crippen LogP contribution is -2.15. The average Bonchev–Trinajstić information content (AvgIpc) is 2.20. The van der Waals surface area contributed by atoms with Crippen LogP contribution in [-0.2, 0) is 0 Å². The van der Waals surface area contributed by atoms with Gasteiger partial charge in [-0.15, -0.1) is 6.58 Å². The van der Waals surface area contributed by atoms with Crippen LogP contribution in [0.15, 0.2) is 30.9 Å². The molecule has 0 saturated carbocycles. The van der Waals surface area contributed by atoms with Crippen LogP contribution < -0.4 is 16.8 Å². The van der Waals surface area contributed by atoms with Crippen molar-refractivity contribution in [2.75, 3.05) is 11.1 Å². The second-order valence-corrected chi connectivity index (χ2v) is 3.33. The van der Waals surface area contributed by atoms with Crippen molar-refractivity contribution < 1.29 is 4.79 Å². The number of hydrogen-bond donors (Lipinski definition) is 3. The fourth-order valence-corrected chi connectivity index (χ4v) is 1.15. The van der Waals surface area contributed by atoms with Gasteiger partial charge < -0.3 is 16.8 Å². The number of anilines is 2. The van der Waals surface area contributed by atoms with Crippen LogP contribution in [0.5, 0.6) is 0 Å². The molecule has 0 radical (unpaired) electrons. The molecule has 0 heterocycles. The Morgan fingerprint density at radius 2 is 2.27 bits per heavy atom. The molecule has 1 unspecified atom stereocenters. The number of hydrogen-bond acceptors (Lipinski definition) is 3. The van der Waals surface area contributed by atoms with Crippen molar-refractivity contribution in [3.8, 4) is 0 Å². The number of carbonyl (C=O) groups is 1. The Labute approximate surface area is 89.0 Å². The number of primary amides is 1. The molecule has 1 aromatic rings. The maximum atomic E-state index is 10.9. The second-order valence-electron chi connectivity index (χ2n) is 3.33. The van der Waals surface area contributed by atoms with E-state index in [4.69, 9.17) is 11.5 Å². The van der Waals surface area contributed by atoms with Gasteiger partial charge in [0.25, 0.3) is 0 Å². The summed E-state index contributed by atoms with van der Waals surface area (Å²) in [4.78, 5) is 10.9. The lowest BCUT2D eigenvalue weighted by Gasteiger charge is -2.13. The lowest BCUT2D eigenvalue weighted by atomic mass is 10.1. The minimum atomic E-state index is -0.481. The number of amides is 1. The quantitative estimate of drug-likeness (QED) is 0.512. The summed E-state index contributed by atoms with van der Waals surface area (Å²) < 4.78 is 0. The molecule has 4 heteroatoms. The monoisotopic (exact) mass is 205 g/mol. The number of carbonyl (C=O) groups excluding carboxylic acids is 1. The Morgan fingerprint density at radius 1 is 1.60 bits per heavy atom. The second kappa shape index (κ2) is 4.50. The Balaban J connectivity index is 2.93. The molecule has 0 spiro atoms. The molecule has 0 aliphatic heterocycles. The van der Waals surface area contributed by atoms with Crippen molar-refractivity contribution in [1.29, 1.82) is 0 Å². The summed E-state index contributed by atoms with van der Waals surface area (Å²) in [6, 6.07) is 5.04. The van der Waals surface area contributed by atoms with Gasteiger partial charge in [0.1, 0.15) is 0 Å². The molecule has 0 aliphatic carbocycles. The smallest absolute Gasteiger partial charge is 0.248 e. The van der Waals surface area contributed by atoms with Gasteiger partial charge >= 0.3 is 0 Å². The summed E-state index contributed by atoms with van der Waals surface area (Å²) in [5.41, 5.74) is 12.6. The SMILES string of the molecule is C=CC(C)Nc1ccc(C(N)=O)cc1N. The third kappa shape index (κ3) is 2.74. The van der Waals surface area contributed by atoms with Crippen molar-refractivity contribution in [2.45, 2.75) is 13.0 Å². The molecule has 1 rings (SSSR count). The van der Waals surface area contributed by atoms with E-state index in [1.165, 1.54) is 0 Å². The Bertz CT molecular complexity index is 387. The van der Waals surface area contributed by atoms with Crippen LogP contribution in [0.2, 0.25) is 0 Å². The molecule has 80 valence electrons. The van der Waals surface area contributed by atoms with Gasteiger partial charge in [-0.3, -0.25) is 4.79 Å². The van der Waals surface area contributed by atoms with Crippen LogP contribution in [0.1, 0.15) is 17.3 Å². The van der Waals surface area contributed by atoms with Crippen LogP contribution in [0, 0.1) is 0 Å². The third-order valence-corrected chi connectivity index (χ3v) is 2.07. The van der Waals surface area contributed by atoms with Crippen LogP contribution in [0.3, 0.4) is 0 Å². The number of nitrogens with two attached hydrogens (primary N) is 2. The van der Waals surface area contributed by atoms with Crippen molar-refractivity contribution in [1.82, 2.24) is 0 Å². The molecule has 5 N–H and O–H groups in total. The van der Waals surface area contributed by atoms with E-state index in [2.05, 4.69) is 11.9 Å². The number of benzene rings is 1. The molecular weight excluding hydrogens is 190 g/mol. The van der Waals surface area contributed by atoms with E-state index < -0.39 is 5.91 Å². The van der Waals surface area contributed by atoms with Crippen molar-refractivity contribution in [2.24, 2.45) is 5.73 Å². The fraction of sp³-hybridized carbons (Fsp3) is 0.182. The summed E-state index contributed by atoms with van der Waals surface area (Å²) in [5.74, 6) is -0.481. The zero-order valence-corrected chi connectivity index (χ0v) is 8.66. The summed E-state index contributed by atoms with van der Waals surface area (Å²) in [6.07, 6.45) is 1.77. The first-order valence-electron chi connectivity index (χ1n) is 4.63. The van der Waals surface area contributed by atoms with E-state index in [-0.39, 0.29) is 6.04 Å². The van der Waals surface area contributed by atoms with E-state index in [0.717, 1.165) is 5.69 Å². The van der Waals surface area contributed by atoms with Crippen LogP contribution in [0.25, 0.3) is 0 Å². The Hall–Kier alpha value is -1.97. The lowest BCUT2D eigenvalue weighted by molar-refractivity contribution is 0.100. The van der Waals surface area contributed by atoms with Gasteiger partial charge in [0.05, 0.1) is 11.4 Å². The molecule has 0 bridgehead atoms. The first-order valence-corrected chi connectivity index (χ1v) is 4.63. The Morgan fingerprint density at radius 3 is 2.73 bits per heavy atom. The molecule has 15 heavy (non-hydrogen) atoms. The highest BCUT2D eigenvalue weighted by atomic mass is 16.1. The first-order chi connectivity index (χ1) is 7.04. The van der Waals surface area contributed by atoms with E-state index >= 15 is 0 Å². The predicted octanol–water partition coefficient (Wildman–Crippen LogP) is 1.35. The molecular formula is C11H15N3O. The summed E-state index contributed by atoms with van der Waals surface area (Å²) in [5, 5.41) is 3.13. The number of nitrogen functional groups attached to an aromatic ring is 1. The third-order valence-electron chi connectivity index (χ3n) is 2.07. The molecule has 4 nitrogen and oxygen atoms in total. The number of nitrogens with one attached hydrogen (secondary N) is 1. The maximum absolute atomic E-state index is 10.9. The number of rotatable bonds is 4. The minimum Gasteiger partial charge on any atom is -0.397 e. The zero-order valence-electron chi connectivity index (χ0n) is 8.66. The van der Waals surface area contributed by atoms with Gasteiger partial charge in [0, 0.05) is 11.6 Å². The van der Waals surface area contributed by atoms with Crippen LogP contribution in [-0.4, -0.2) is 11.9 Å². The first kappa shape index (κ1) is 11.1. The molecule has 0 aliphatic rings. The van der Waals surface area contributed by atoms with Gasteiger partial charge in [-0.05, 0) is 25.1 Å². The summed E-state index contributed by atoms with van der Waals surface area (Å²) in [7, 11) is 0. The van der Waals surface area contributed by atoms with Gasteiger partial charge in [-0.25, -0.2) is 0 Å². The molecule has 0 aromatic heterocycles. The Kier molecular flexibility index (Phi) is 3.33. The predicted molar refractivity (Wildman–Crippen MR) is 62.7 cm³/mol. The largest absolute Gasteiger partial charge is 0.397 e. The van der Waals surface area contributed by atoms with E-state index in [9.17, 15) is 4.79 Å². The van der Waals surface area contributed by atoms with Crippen LogP contribution in [0.4, 0.5) is 11.4 Å². The van der Waals surface area contributed by atoms with Gasteiger partial charge in [0.2, 0.25) is 5.91 Å². The molecule has 0 saturated heterocycles. The standard InChI is InChI=1S/C11H15N3O/c1-3-7(2)14-10-5-4-8(11(13)15)6-9(10)12/h3-7,14H,1,12H2,2H3,(H2,13,15). The molecule has 1 atom stereocenters.